The van der Waals surface area contributed by atoms with Gasteiger partial charge in [-0.05, 0) is 31.6 Å². The van der Waals surface area contributed by atoms with Gasteiger partial charge in [-0.25, -0.2) is 0 Å². The van der Waals surface area contributed by atoms with Crippen molar-refractivity contribution in [2.75, 3.05) is 13.7 Å². The van der Waals surface area contributed by atoms with Crippen LogP contribution in [-0.4, -0.2) is 18.8 Å². The number of ether oxygens (including phenoxy) is 2. The number of hydrogen-bond acceptors (Lipinski definition) is 3. The third-order valence-electron chi connectivity index (χ3n) is 2.14. The topological polar surface area (TPSA) is 38.7 Å². The summed E-state index contributed by atoms with van der Waals surface area (Å²) < 4.78 is 10.7. The van der Waals surface area contributed by atoms with Gasteiger partial charge in [0.2, 0.25) is 0 Å². The highest BCUT2D eigenvalue weighted by Gasteiger charge is 2.10. The third-order valence-corrected chi connectivity index (χ3v) is 2.14. The van der Waals surface area contributed by atoms with Gasteiger partial charge in [-0.2, -0.15) is 0 Å². The van der Waals surface area contributed by atoms with Crippen molar-refractivity contribution in [3.8, 4) is 11.5 Å². The molecule has 0 aromatic heterocycles. The zero-order valence-corrected chi connectivity index (χ0v) is 9.99. The lowest BCUT2D eigenvalue weighted by molar-refractivity contribution is 0.192. The molecule has 1 aromatic carbocycles. The van der Waals surface area contributed by atoms with E-state index in [4.69, 9.17) is 9.47 Å². The molecule has 88 valence electrons. The molecule has 0 fully saturated rings. The Morgan fingerprint density at radius 3 is 2.69 bits per heavy atom. The minimum atomic E-state index is -0.564. The van der Waals surface area contributed by atoms with E-state index >= 15 is 0 Å². The minimum Gasteiger partial charge on any atom is -0.497 e. The molecule has 1 unspecified atom stereocenters. The molecule has 0 aliphatic heterocycles. The Morgan fingerprint density at radius 1 is 1.50 bits per heavy atom. The molecule has 0 saturated carbocycles. The molecule has 0 amide bonds. The Kier molecular flexibility index (Phi) is 4.38. The van der Waals surface area contributed by atoms with Crippen molar-refractivity contribution in [1.29, 1.82) is 0 Å². The van der Waals surface area contributed by atoms with E-state index in [1.807, 2.05) is 6.92 Å². The van der Waals surface area contributed by atoms with Crippen molar-refractivity contribution < 1.29 is 14.6 Å². The van der Waals surface area contributed by atoms with Crippen LogP contribution in [0, 0.1) is 0 Å². The van der Waals surface area contributed by atoms with Crippen molar-refractivity contribution in [2.24, 2.45) is 0 Å². The maximum absolute atomic E-state index is 9.59. The highest BCUT2D eigenvalue weighted by Crippen LogP contribution is 2.29. The summed E-state index contributed by atoms with van der Waals surface area (Å²) in [4.78, 5) is 0. The average Bonchev–Trinajstić information content (AvgIpc) is 2.25. The van der Waals surface area contributed by atoms with Gasteiger partial charge in [-0.15, -0.1) is 0 Å². The van der Waals surface area contributed by atoms with Crippen LogP contribution in [0.4, 0.5) is 0 Å². The molecule has 3 heteroatoms. The second-order valence-corrected chi connectivity index (χ2v) is 3.83. The summed E-state index contributed by atoms with van der Waals surface area (Å²) >= 11 is 0. The zero-order valence-electron chi connectivity index (χ0n) is 9.99. The summed E-state index contributed by atoms with van der Waals surface area (Å²) in [5.74, 6) is 1.35. The second-order valence-electron chi connectivity index (χ2n) is 3.83. The van der Waals surface area contributed by atoms with E-state index < -0.39 is 6.10 Å². The van der Waals surface area contributed by atoms with Crippen LogP contribution in [0.15, 0.2) is 30.4 Å². The molecule has 1 rings (SSSR count). The third kappa shape index (κ3) is 3.28. The number of hydrogen-bond donors (Lipinski definition) is 1. The average molecular weight is 222 g/mol. The Balaban J connectivity index is 2.95. The van der Waals surface area contributed by atoms with Gasteiger partial charge >= 0.3 is 0 Å². The van der Waals surface area contributed by atoms with Crippen molar-refractivity contribution in [3.63, 3.8) is 0 Å². The molecule has 16 heavy (non-hydrogen) atoms. The predicted octanol–water partition coefficient (Wildman–Crippen LogP) is 2.70. The van der Waals surface area contributed by atoms with Gasteiger partial charge in [-0.1, -0.05) is 6.58 Å². The molecular weight excluding hydrogens is 204 g/mol. The number of aliphatic hydroxyl groups excluding tert-OH is 1. The van der Waals surface area contributed by atoms with Crippen molar-refractivity contribution in [1.82, 2.24) is 0 Å². The molecule has 0 aliphatic carbocycles. The van der Waals surface area contributed by atoms with Crippen LogP contribution >= 0.6 is 0 Å². The first-order valence-corrected chi connectivity index (χ1v) is 5.17. The van der Waals surface area contributed by atoms with Gasteiger partial charge in [0.15, 0.2) is 0 Å². The number of rotatable bonds is 5. The van der Waals surface area contributed by atoms with E-state index in [1.165, 1.54) is 0 Å². The lowest BCUT2D eigenvalue weighted by atomic mass is 10.1. The van der Waals surface area contributed by atoms with Crippen LogP contribution in [0.3, 0.4) is 0 Å². The number of benzene rings is 1. The van der Waals surface area contributed by atoms with Crippen molar-refractivity contribution >= 4 is 0 Å². The Hall–Kier alpha value is -1.48. The van der Waals surface area contributed by atoms with Crippen LogP contribution in [0.25, 0.3) is 0 Å². The van der Waals surface area contributed by atoms with E-state index in [9.17, 15) is 5.11 Å². The Bertz CT molecular complexity index is 369. The normalized spacial score (nSPS) is 12.0. The highest BCUT2D eigenvalue weighted by atomic mass is 16.5. The summed E-state index contributed by atoms with van der Waals surface area (Å²) in [6.07, 6.45) is -0.564. The van der Waals surface area contributed by atoms with Gasteiger partial charge in [-0.3, -0.25) is 0 Å². The van der Waals surface area contributed by atoms with Crippen LogP contribution < -0.4 is 9.47 Å². The first kappa shape index (κ1) is 12.6. The first-order valence-electron chi connectivity index (χ1n) is 5.17. The van der Waals surface area contributed by atoms with Gasteiger partial charge in [0.1, 0.15) is 18.1 Å². The van der Waals surface area contributed by atoms with E-state index in [0.717, 1.165) is 11.1 Å². The standard InChI is InChI=1S/C13H18O3/c1-9(2)8-16-13-7-11(15-4)5-6-12(13)10(3)14/h5-7,10,14H,1,8H2,2-4H3. The fraction of sp³-hybridized carbons (Fsp3) is 0.385. The summed E-state index contributed by atoms with van der Waals surface area (Å²) in [5, 5.41) is 9.59. The minimum absolute atomic E-state index is 0.437. The van der Waals surface area contributed by atoms with Crippen LogP contribution in [-0.2, 0) is 0 Å². The Labute approximate surface area is 96.3 Å². The first-order chi connectivity index (χ1) is 7.54. The van der Waals surface area contributed by atoms with Crippen molar-refractivity contribution in [2.45, 2.75) is 20.0 Å². The molecule has 1 atom stereocenters. The molecule has 1 N–H and O–H groups in total. The molecule has 1 aromatic rings. The van der Waals surface area contributed by atoms with Crippen LogP contribution in [0.5, 0.6) is 11.5 Å². The van der Waals surface area contributed by atoms with Crippen LogP contribution in [0.2, 0.25) is 0 Å². The molecule has 0 bridgehead atoms. The molecule has 3 nitrogen and oxygen atoms in total. The summed E-state index contributed by atoms with van der Waals surface area (Å²) in [7, 11) is 1.60. The van der Waals surface area contributed by atoms with Gasteiger partial charge in [0.25, 0.3) is 0 Å². The van der Waals surface area contributed by atoms with E-state index in [2.05, 4.69) is 6.58 Å². The van der Waals surface area contributed by atoms with Gasteiger partial charge in [0.05, 0.1) is 13.2 Å². The summed E-state index contributed by atoms with van der Waals surface area (Å²) in [6, 6.07) is 5.37. The molecular formula is C13H18O3. The molecule has 0 radical (unpaired) electrons. The largest absolute Gasteiger partial charge is 0.497 e. The fourth-order valence-corrected chi connectivity index (χ4v) is 1.31. The fourth-order valence-electron chi connectivity index (χ4n) is 1.31. The number of aliphatic hydroxyl groups is 1. The lowest BCUT2D eigenvalue weighted by Crippen LogP contribution is -2.03. The molecule has 0 spiro atoms. The van der Waals surface area contributed by atoms with Gasteiger partial charge in [0, 0.05) is 11.6 Å². The zero-order chi connectivity index (χ0) is 12.1. The van der Waals surface area contributed by atoms with E-state index in [-0.39, 0.29) is 0 Å². The second kappa shape index (κ2) is 5.56. The Morgan fingerprint density at radius 2 is 2.19 bits per heavy atom. The monoisotopic (exact) mass is 222 g/mol. The van der Waals surface area contributed by atoms with Gasteiger partial charge < -0.3 is 14.6 Å². The maximum atomic E-state index is 9.59. The molecule has 0 aliphatic rings. The van der Waals surface area contributed by atoms with Crippen LogP contribution in [0.1, 0.15) is 25.5 Å². The predicted molar refractivity (Wildman–Crippen MR) is 63.9 cm³/mol. The van der Waals surface area contributed by atoms with E-state index in [0.29, 0.717) is 18.1 Å². The molecule has 0 saturated heterocycles. The lowest BCUT2D eigenvalue weighted by Gasteiger charge is -2.14. The summed E-state index contributed by atoms with van der Waals surface area (Å²) in [5.41, 5.74) is 1.68. The summed E-state index contributed by atoms with van der Waals surface area (Å²) in [6.45, 7) is 7.80. The quantitative estimate of drug-likeness (QED) is 0.778. The SMILES string of the molecule is C=C(C)COc1cc(OC)ccc1C(C)O. The maximum Gasteiger partial charge on any atom is 0.129 e. The smallest absolute Gasteiger partial charge is 0.129 e. The number of methoxy groups -OCH3 is 1. The van der Waals surface area contributed by atoms with Crippen molar-refractivity contribution in [3.05, 3.63) is 35.9 Å². The molecule has 0 heterocycles. The highest BCUT2D eigenvalue weighted by molar-refractivity contribution is 5.42. The van der Waals surface area contributed by atoms with E-state index in [1.54, 1.807) is 32.2 Å².